The maximum atomic E-state index is 10.5. The van der Waals surface area contributed by atoms with Crippen molar-refractivity contribution in [3.05, 3.63) is 0 Å². The van der Waals surface area contributed by atoms with Crippen LogP contribution in [0.3, 0.4) is 0 Å². The SMILES string of the molecule is C=O.C=O.CN1C(=O)CCC1=O.CN1C(=O)CCC1=O. The van der Waals surface area contributed by atoms with Crippen LogP contribution in [-0.4, -0.2) is 61.1 Å². The number of hydrogen-bond acceptors (Lipinski definition) is 6. The van der Waals surface area contributed by atoms with E-state index >= 15 is 0 Å². The molecule has 2 rings (SSSR count). The van der Waals surface area contributed by atoms with Gasteiger partial charge in [0.15, 0.2) is 0 Å². The van der Waals surface area contributed by atoms with Gasteiger partial charge in [-0.3, -0.25) is 29.0 Å². The number of carbonyl (C=O) groups excluding carboxylic acids is 6. The Morgan fingerprint density at radius 1 is 0.600 bits per heavy atom. The van der Waals surface area contributed by atoms with Gasteiger partial charge in [0.2, 0.25) is 23.6 Å². The fraction of sp³-hybridized carbons (Fsp3) is 0.500. The second kappa shape index (κ2) is 10.5. The summed E-state index contributed by atoms with van der Waals surface area (Å²) in [6.07, 6.45) is 1.59. The Labute approximate surface area is 116 Å². The molecule has 0 aromatic carbocycles. The highest BCUT2D eigenvalue weighted by Crippen LogP contribution is 2.07. The molecule has 0 radical (unpaired) electrons. The van der Waals surface area contributed by atoms with Crippen LogP contribution in [0, 0.1) is 0 Å². The fourth-order valence-electron chi connectivity index (χ4n) is 1.38. The molecule has 8 heteroatoms. The van der Waals surface area contributed by atoms with E-state index in [-0.39, 0.29) is 23.6 Å². The molecule has 2 fully saturated rings. The zero-order valence-electron chi connectivity index (χ0n) is 11.6. The van der Waals surface area contributed by atoms with E-state index in [2.05, 4.69) is 0 Å². The van der Waals surface area contributed by atoms with Gasteiger partial charge in [-0.05, 0) is 0 Å². The molecule has 112 valence electrons. The summed E-state index contributed by atoms with van der Waals surface area (Å²) in [4.78, 5) is 60.3. The third kappa shape index (κ3) is 5.98. The van der Waals surface area contributed by atoms with Crippen molar-refractivity contribution in [2.24, 2.45) is 0 Å². The van der Waals surface area contributed by atoms with E-state index in [1.165, 1.54) is 23.9 Å². The van der Waals surface area contributed by atoms with E-state index in [4.69, 9.17) is 9.59 Å². The first-order valence-corrected chi connectivity index (χ1v) is 5.60. The number of carbonyl (C=O) groups is 6. The summed E-state index contributed by atoms with van der Waals surface area (Å²) >= 11 is 0. The van der Waals surface area contributed by atoms with E-state index in [0.29, 0.717) is 25.7 Å². The Bertz CT molecular complexity index is 314. The Balaban J connectivity index is 0. The molecule has 0 atom stereocenters. The minimum Gasteiger partial charge on any atom is -0.307 e. The second-order valence-electron chi connectivity index (χ2n) is 3.69. The average Bonchev–Trinajstić information content (AvgIpc) is 2.94. The first-order valence-electron chi connectivity index (χ1n) is 5.60. The number of amides is 4. The average molecular weight is 286 g/mol. The normalized spacial score (nSPS) is 16.7. The van der Waals surface area contributed by atoms with Crippen LogP contribution in [0.25, 0.3) is 0 Å². The molecule has 0 N–H and O–H groups in total. The number of rotatable bonds is 0. The molecule has 2 saturated heterocycles. The highest BCUT2D eigenvalue weighted by molar-refractivity contribution is 6.02. The van der Waals surface area contributed by atoms with Crippen molar-refractivity contribution >= 4 is 37.2 Å². The predicted molar refractivity (Wildman–Crippen MR) is 68.3 cm³/mol. The van der Waals surface area contributed by atoms with Crippen LogP contribution in [0.15, 0.2) is 0 Å². The van der Waals surface area contributed by atoms with Crippen LogP contribution < -0.4 is 0 Å². The second-order valence-corrected chi connectivity index (χ2v) is 3.69. The molecular formula is C12H18N2O6. The quantitative estimate of drug-likeness (QED) is 0.537. The van der Waals surface area contributed by atoms with Crippen LogP contribution in [0.2, 0.25) is 0 Å². The first kappa shape index (κ1) is 19.9. The first-order chi connectivity index (χ1) is 9.43. The summed E-state index contributed by atoms with van der Waals surface area (Å²) in [6.45, 7) is 4.00. The molecule has 8 nitrogen and oxygen atoms in total. The van der Waals surface area contributed by atoms with Crippen molar-refractivity contribution in [2.75, 3.05) is 14.1 Å². The lowest BCUT2D eigenvalue weighted by molar-refractivity contribution is -0.138. The maximum absolute atomic E-state index is 10.5. The summed E-state index contributed by atoms with van der Waals surface area (Å²) in [5.41, 5.74) is 0. The van der Waals surface area contributed by atoms with Gasteiger partial charge in [-0.15, -0.1) is 0 Å². The van der Waals surface area contributed by atoms with E-state index in [1.807, 2.05) is 13.6 Å². The van der Waals surface area contributed by atoms with E-state index in [1.54, 1.807) is 0 Å². The van der Waals surface area contributed by atoms with Gasteiger partial charge in [-0.25, -0.2) is 0 Å². The highest BCUT2D eigenvalue weighted by atomic mass is 16.2. The minimum absolute atomic E-state index is 0.0602. The van der Waals surface area contributed by atoms with Crippen molar-refractivity contribution in [1.29, 1.82) is 0 Å². The smallest absolute Gasteiger partial charge is 0.229 e. The van der Waals surface area contributed by atoms with Gasteiger partial charge in [0, 0.05) is 39.8 Å². The Hall–Kier alpha value is -2.38. The molecule has 20 heavy (non-hydrogen) atoms. The van der Waals surface area contributed by atoms with Crippen molar-refractivity contribution in [1.82, 2.24) is 9.80 Å². The highest BCUT2D eigenvalue weighted by Gasteiger charge is 2.24. The zero-order chi connectivity index (χ0) is 16.3. The third-order valence-electron chi connectivity index (χ3n) is 2.60. The molecule has 0 spiro atoms. The summed E-state index contributed by atoms with van der Waals surface area (Å²) < 4.78 is 0. The fourth-order valence-corrected chi connectivity index (χ4v) is 1.38. The molecular weight excluding hydrogens is 268 g/mol. The summed E-state index contributed by atoms with van der Waals surface area (Å²) in [7, 11) is 3.02. The van der Waals surface area contributed by atoms with Crippen molar-refractivity contribution in [3.63, 3.8) is 0 Å². The lowest BCUT2D eigenvalue weighted by Crippen LogP contribution is -2.23. The predicted octanol–water partition coefficient (Wildman–Crippen LogP) is -0.839. The molecule has 2 heterocycles. The van der Waals surface area contributed by atoms with Crippen LogP contribution in [0.4, 0.5) is 0 Å². The molecule has 2 aliphatic heterocycles. The summed E-state index contributed by atoms with van der Waals surface area (Å²) in [5, 5.41) is 0. The Morgan fingerprint density at radius 2 is 0.750 bits per heavy atom. The van der Waals surface area contributed by atoms with Gasteiger partial charge >= 0.3 is 0 Å². The number of nitrogens with zero attached hydrogens (tertiary/aromatic N) is 2. The minimum atomic E-state index is -0.0602. The van der Waals surface area contributed by atoms with Crippen LogP contribution in [-0.2, 0) is 28.8 Å². The monoisotopic (exact) mass is 286 g/mol. The van der Waals surface area contributed by atoms with Gasteiger partial charge in [-0.1, -0.05) is 0 Å². The van der Waals surface area contributed by atoms with Crippen LogP contribution in [0.1, 0.15) is 25.7 Å². The van der Waals surface area contributed by atoms with Crippen molar-refractivity contribution in [2.45, 2.75) is 25.7 Å². The number of likely N-dealkylation sites (tertiary alicyclic amines) is 2. The molecule has 0 aromatic heterocycles. The molecule has 0 aliphatic carbocycles. The molecule has 2 aliphatic rings. The molecule has 4 amide bonds. The van der Waals surface area contributed by atoms with Crippen molar-refractivity contribution < 1.29 is 28.8 Å². The summed E-state index contributed by atoms with van der Waals surface area (Å²) in [6, 6.07) is 0. The zero-order valence-corrected chi connectivity index (χ0v) is 11.6. The standard InChI is InChI=1S/2C5H7NO2.2CH2O/c2*1-6-4(7)2-3-5(6)8;2*1-2/h2*2-3H2,1H3;2*1H2. The van der Waals surface area contributed by atoms with Gasteiger partial charge in [0.05, 0.1) is 0 Å². The lowest BCUT2D eigenvalue weighted by Gasteiger charge is -2.01. The van der Waals surface area contributed by atoms with Crippen molar-refractivity contribution in [3.8, 4) is 0 Å². The number of imide groups is 2. The van der Waals surface area contributed by atoms with E-state index < -0.39 is 0 Å². The lowest BCUT2D eigenvalue weighted by atomic mass is 10.4. The van der Waals surface area contributed by atoms with E-state index in [0.717, 1.165) is 0 Å². The molecule has 0 saturated carbocycles. The van der Waals surface area contributed by atoms with Gasteiger partial charge in [-0.2, -0.15) is 0 Å². The molecule has 0 aromatic rings. The van der Waals surface area contributed by atoms with Gasteiger partial charge in [0.1, 0.15) is 13.6 Å². The number of hydrogen-bond donors (Lipinski definition) is 0. The van der Waals surface area contributed by atoms with Crippen LogP contribution >= 0.6 is 0 Å². The largest absolute Gasteiger partial charge is 0.307 e. The topological polar surface area (TPSA) is 109 Å². The Kier molecular flexibility index (Phi) is 10.5. The van der Waals surface area contributed by atoms with Crippen LogP contribution in [0.5, 0.6) is 0 Å². The van der Waals surface area contributed by atoms with Gasteiger partial charge in [0.25, 0.3) is 0 Å². The van der Waals surface area contributed by atoms with E-state index in [9.17, 15) is 19.2 Å². The maximum Gasteiger partial charge on any atom is 0.229 e. The summed E-state index contributed by atoms with van der Waals surface area (Å²) in [5.74, 6) is -0.241. The Morgan fingerprint density at radius 3 is 0.800 bits per heavy atom. The third-order valence-corrected chi connectivity index (χ3v) is 2.60. The molecule has 0 bridgehead atoms. The van der Waals surface area contributed by atoms with Gasteiger partial charge < -0.3 is 9.59 Å². The molecule has 0 unspecified atom stereocenters.